The molecule has 1 fully saturated rings. The molecule has 1 aliphatic heterocycles. The predicted octanol–water partition coefficient (Wildman–Crippen LogP) is 2.79. The van der Waals surface area contributed by atoms with Crippen LogP contribution in [0.3, 0.4) is 0 Å². The summed E-state index contributed by atoms with van der Waals surface area (Å²) in [7, 11) is 0. The summed E-state index contributed by atoms with van der Waals surface area (Å²) in [6.45, 7) is 4.22. The van der Waals surface area contributed by atoms with Gasteiger partial charge in [0.1, 0.15) is 0 Å². The van der Waals surface area contributed by atoms with Crippen molar-refractivity contribution < 1.29 is 0 Å². The molecule has 1 atom stereocenters. The molecule has 1 saturated heterocycles. The Labute approximate surface area is 127 Å². The molecule has 1 unspecified atom stereocenters. The van der Waals surface area contributed by atoms with E-state index in [9.17, 15) is 0 Å². The molecule has 2 aromatic rings. The summed E-state index contributed by atoms with van der Waals surface area (Å²) in [5.74, 6) is 0.724. The monoisotopic (exact) mass is 334 g/mol. The van der Waals surface area contributed by atoms with Crippen LogP contribution >= 0.6 is 15.9 Å². The van der Waals surface area contributed by atoms with Gasteiger partial charge in [-0.25, -0.2) is 0 Å². The van der Waals surface area contributed by atoms with Crippen molar-refractivity contribution in [2.24, 2.45) is 5.92 Å². The van der Waals surface area contributed by atoms with Gasteiger partial charge in [-0.1, -0.05) is 15.9 Å². The van der Waals surface area contributed by atoms with Gasteiger partial charge in [0, 0.05) is 48.2 Å². The van der Waals surface area contributed by atoms with E-state index in [-0.39, 0.29) is 0 Å². The van der Waals surface area contributed by atoms with Crippen molar-refractivity contribution in [2.75, 3.05) is 24.5 Å². The fourth-order valence-corrected chi connectivity index (χ4v) is 2.94. The van der Waals surface area contributed by atoms with Gasteiger partial charge in [-0.2, -0.15) is 5.10 Å². The maximum atomic E-state index is 3.95. The Morgan fingerprint density at radius 3 is 2.90 bits per heavy atom. The molecule has 106 valence electrons. The quantitative estimate of drug-likeness (QED) is 0.883. The van der Waals surface area contributed by atoms with Crippen LogP contribution in [0.25, 0.3) is 0 Å². The molecule has 1 aliphatic rings. The average Bonchev–Trinajstić information content (AvgIpc) is 3.11. The Kier molecular flexibility index (Phi) is 4.38. The third kappa shape index (κ3) is 3.41. The molecule has 0 saturated carbocycles. The molecule has 0 aliphatic carbocycles. The van der Waals surface area contributed by atoms with Gasteiger partial charge >= 0.3 is 0 Å². The van der Waals surface area contributed by atoms with Crippen molar-refractivity contribution >= 4 is 21.6 Å². The van der Waals surface area contributed by atoms with Crippen LogP contribution in [0.1, 0.15) is 12.1 Å². The molecule has 3 rings (SSSR count). The zero-order valence-electron chi connectivity index (χ0n) is 11.3. The molecule has 5 heteroatoms. The minimum Gasteiger partial charge on any atom is -0.371 e. The highest BCUT2D eigenvalue weighted by atomic mass is 79.9. The molecular weight excluding hydrogens is 316 g/mol. The maximum absolute atomic E-state index is 3.95. The Morgan fingerprint density at radius 2 is 2.15 bits per heavy atom. The SMILES string of the molecule is Brc1ccc(N2CCC(CNCc3ccn[nH]3)C2)cc1. The highest BCUT2D eigenvalue weighted by molar-refractivity contribution is 9.10. The first-order chi connectivity index (χ1) is 9.81. The second-order valence-electron chi connectivity index (χ2n) is 5.29. The first-order valence-corrected chi connectivity index (χ1v) is 7.80. The number of aromatic nitrogens is 2. The zero-order chi connectivity index (χ0) is 13.8. The summed E-state index contributed by atoms with van der Waals surface area (Å²) in [6.07, 6.45) is 3.05. The van der Waals surface area contributed by atoms with E-state index in [0.717, 1.165) is 42.3 Å². The van der Waals surface area contributed by atoms with Gasteiger partial charge in [-0.05, 0) is 42.7 Å². The van der Waals surface area contributed by atoms with Crippen LogP contribution in [0, 0.1) is 5.92 Å². The Bertz CT molecular complexity index is 523. The van der Waals surface area contributed by atoms with Crippen LogP contribution in [0.15, 0.2) is 41.0 Å². The smallest absolute Gasteiger partial charge is 0.0490 e. The average molecular weight is 335 g/mol. The summed E-state index contributed by atoms with van der Waals surface area (Å²) in [6, 6.07) is 10.6. The Morgan fingerprint density at radius 1 is 1.30 bits per heavy atom. The lowest BCUT2D eigenvalue weighted by atomic mass is 10.1. The standard InChI is InChI=1S/C15H19BrN4/c16-13-1-3-15(4-2-13)20-8-6-12(11-20)9-17-10-14-5-7-18-19-14/h1-5,7,12,17H,6,8-11H2,(H,18,19). The van der Waals surface area contributed by atoms with Crippen molar-refractivity contribution in [3.63, 3.8) is 0 Å². The summed E-state index contributed by atoms with van der Waals surface area (Å²) < 4.78 is 1.14. The number of anilines is 1. The minimum atomic E-state index is 0.724. The van der Waals surface area contributed by atoms with Crippen LogP contribution in [-0.4, -0.2) is 29.8 Å². The summed E-state index contributed by atoms with van der Waals surface area (Å²) in [4.78, 5) is 2.47. The van der Waals surface area contributed by atoms with Gasteiger partial charge in [0.2, 0.25) is 0 Å². The fraction of sp³-hybridized carbons (Fsp3) is 0.400. The minimum absolute atomic E-state index is 0.724. The van der Waals surface area contributed by atoms with Crippen LogP contribution in [0.5, 0.6) is 0 Å². The molecule has 4 nitrogen and oxygen atoms in total. The second-order valence-corrected chi connectivity index (χ2v) is 6.21. The molecule has 0 spiro atoms. The van der Waals surface area contributed by atoms with Gasteiger partial charge in [-0.15, -0.1) is 0 Å². The third-order valence-electron chi connectivity index (χ3n) is 3.78. The van der Waals surface area contributed by atoms with Gasteiger partial charge in [0.25, 0.3) is 0 Å². The molecule has 1 aromatic heterocycles. The first kappa shape index (κ1) is 13.6. The molecule has 0 radical (unpaired) electrons. The molecule has 2 heterocycles. The summed E-state index contributed by atoms with van der Waals surface area (Å²) in [5.41, 5.74) is 2.47. The van der Waals surface area contributed by atoms with Gasteiger partial charge in [0.05, 0.1) is 0 Å². The molecule has 0 amide bonds. The normalized spacial score (nSPS) is 18.6. The third-order valence-corrected chi connectivity index (χ3v) is 4.31. The molecule has 0 bridgehead atoms. The number of H-pyrrole nitrogens is 1. The van der Waals surface area contributed by atoms with Crippen molar-refractivity contribution in [1.29, 1.82) is 0 Å². The van der Waals surface area contributed by atoms with E-state index in [4.69, 9.17) is 0 Å². The summed E-state index contributed by atoms with van der Waals surface area (Å²) in [5, 5.41) is 10.4. The van der Waals surface area contributed by atoms with E-state index >= 15 is 0 Å². The lowest BCUT2D eigenvalue weighted by Gasteiger charge is -2.19. The van der Waals surface area contributed by atoms with Crippen molar-refractivity contribution in [3.05, 3.63) is 46.7 Å². The number of hydrogen-bond acceptors (Lipinski definition) is 3. The van der Waals surface area contributed by atoms with E-state index in [0.29, 0.717) is 0 Å². The lowest BCUT2D eigenvalue weighted by molar-refractivity contribution is 0.513. The van der Waals surface area contributed by atoms with Crippen LogP contribution < -0.4 is 10.2 Å². The van der Waals surface area contributed by atoms with Crippen LogP contribution in [0.4, 0.5) is 5.69 Å². The van der Waals surface area contributed by atoms with E-state index < -0.39 is 0 Å². The van der Waals surface area contributed by atoms with Gasteiger partial charge in [0.15, 0.2) is 0 Å². The number of nitrogens with one attached hydrogen (secondary N) is 2. The van der Waals surface area contributed by atoms with Crippen LogP contribution in [-0.2, 0) is 6.54 Å². The molecule has 2 N–H and O–H groups in total. The highest BCUT2D eigenvalue weighted by Crippen LogP contribution is 2.24. The summed E-state index contributed by atoms with van der Waals surface area (Å²) >= 11 is 3.48. The molecular formula is C15H19BrN4. The first-order valence-electron chi connectivity index (χ1n) is 7.01. The Hall–Kier alpha value is -1.33. The van der Waals surface area contributed by atoms with E-state index in [2.05, 4.69) is 60.6 Å². The molecule has 1 aromatic carbocycles. The second kappa shape index (κ2) is 6.41. The predicted molar refractivity (Wildman–Crippen MR) is 84.8 cm³/mol. The number of nitrogens with zero attached hydrogens (tertiary/aromatic N) is 2. The largest absolute Gasteiger partial charge is 0.371 e. The lowest BCUT2D eigenvalue weighted by Crippen LogP contribution is -2.26. The highest BCUT2D eigenvalue weighted by Gasteiger charge is 2.22. The number of halogens is 1. The van der Waals surface area contributed by atoms with Gasteiger partial charge < -0.3 is 10.2 Å². The van der Waals surface area contributed by atoms with Crippen LogP contribution in [0.2, 0.25) is 0 Å². The Balaban J connectivity index is 1.46. The zero-order valence-corrected chi connectivity index (χ0v) is 12.9. The van der Waals surface area contributed by atoms with Crippen molar-refractivity contribution in [1.82, 2.24) is 15.5 Å². The van der Waals surface area contributed by atoms with Crippen molar-refractivity contribution in [3.8, 4) is 0 Å². The van der Waals surface area contributed by atoms with E-state index in [1.165, 1.54) is 12.1 Å². The maximum Gasteiger partial charge on any atom is 0.0490 e. The van der Waals surface area contributed by atoms with E-state index in [1.807, 2.05) is 6.07 Å². The van der Waals surface area contributed by atoms with Crippen molar-refractivity contribution in [2.45, 2.75) is 13.0 Å². The van der Waals surface area contributed by atoms with E-state index in [1.54, 1.807) is 6.20 Å². The number of aromatic amines is 1. The fourth-order valence-electron chi connectivity index (χ4n) is 2.68. The number of rotatable bonds is 5. The number of benzene rings is 1. The number of hydrogen-bond donors (Lipinski definition) is 2. The topological polar surface area (TPSA) is 44.0 Å². The van der Waals surface area contributed by atoms with Gasteiger partial charge in [-0.3, -0.25) is 5.10 Å². The molecule has 20 heavy (non-hydrogen) atoms.